The van der Waals surface area contributed by atoms with Gasteiger partial charge in [0.25, 0.3) is 0 Å². The molecule has 0 aromatic rings. The topological polar surface area (TPSA) is 137 Å². The number of Topliss-reactive ketones (excluding diaryl/α,β-unsaturated/α-hetero) is 8. The molecule has 0 aliphatic rings. The molecule has 0 aliphatic carbocycles. The van der Waals surface area contributed by atoms with E-state index in [2.05, 4.69) is 158 Å². The van der Waals surface area contributed by atoms with Gasteiger partial charge in [-0.25, -0.2) is 0 Å². The number of carbonyl (C=O) groups excluding carboxylic acids is 8. The number of ketones is 8. The molecule has 0 aromatic heterocycles. The number of unbranched alkanes of at least 4 members (excludes halogenated alkanes) is 48. The Bertz CT molecular complexity index is 2680. The highest BCUT2D eigenvalue weighted by atomic mass is 16.2. The number of hydrogen-bond acceptors (Lipinski definition) is 8. The van der Waals surface area contributed by atoms with Crippen molar-refractivity contribution in [2.45, 2.75) is 643 Å². The van der Waals surface area contributed by atoms with Gasteiger partial charge in [-0.05, 0) is 133 Å². The first-order valence-electron chi connectivity index (χ1n) is 58.3. The normalized spacial score (nSPS) is 11.7. The van der Waals surface area contributed by atoms with E-state index in [1.54, 1.807) is 0 Å². The SMILES string of the molecule is CC/C=C\CC(=O)CC(C)(C)C.CC/C=C\CC(C)(C)C(=O)CC(C)(C)C.CCCCC/C=C\C/C=C\C/C=C\CCCCC(=O)C(C)C.CCCCCCCC(=O)C(C)C.CCCCCCCC/C=C\CCCCCCCC(=O)C(C)C.CCCCCCCCCCCC(=O)C(C)C.CCCCCCCCCCCC(=O)C(C)C.CCCCCCCCCCCCCCCC(=O)C(C)C. The summed E-state index contributed by atoms with van der Waals surface area (Å²) in [6.45, 7) is 58.3. The van der Waals surface area contributed by atoms with Crippen molar-refractivity contribution in [3.8, 4) is 0 Å². The van der Waals surface area contributed by atoms with E-state index in [1.807, 2.05) is 109 Å². The van der Waals surface area contributed by atoms with E-state index in [4.69, 9.17) is 0 Å². The van der Waals surface area contributed by atoms with Gasteiger partial charge >= 0.3 is 0 Å². The van der Waals surface area contributed by atoms with Gasteiger partial charge in [-0.15, -0.1) is 0 Å². The quantitative estimate of drug-likeness (QED) is 0.0434. The van der Waals surface area contributed by atoms with Crippen molar-refractivity contribution in [2.24, 2.45) is 51.8 Å². The van der Waals surface area contributed by atoms with Gasteiger partial charge in [0, 0.05) is 98.7 Å². The lowest BCUT2D eigenvalue weighted by atomic mass is 9.77. The van der Waals surface area contributed by atoms with Crippen LogP contribution in [0.3, 0.4) is 0 Å². The molecule has 0 saturated heterocycles. The van der Waals surface area contributed by atoms with Crippen LogP contribution in [0.5, 0.6) is 0 Å². The minimum absolute atomic E-state index is 0.100. The first-order chi connectivity index (χ1) is 64.2. The summed E-state index contributed by atoms with van der Waals surface area (Å²) in [5, 5.41) is 0. The molecule has 0 saturated carbocycles. The fraction of sp³-hybridized carbons (Fsp3) is 0.843. The molecule has 0 atom stereocenters. The monoisotopic (exact) mass is 1900 g/mol. The Hall–Kier alpha value is -4.20. The van der Waals surface area contributed by atoms with Crippen molar-refractivity contribution in [1.82, 2.24) is 0 Å². The average Bonchev–Trinajstić information content (AvgIpc) is 0.862. The van der Waals surface area contributed by atoms with Crippen LogP contribution < -0.4 is 0 Å². The van der Waals surface area contributed by atoms with Gasteiger partial charge in [-0.1, -0.05) is 536 Å². The highest BCUT2D eigenvalue weighted by Crippen LogP contribution is 2.31. The molecule has 0 N–H and O–H groups in total. The molecular formula is C127H242O8. The largest absolute Gasteiger partial charge is 0.299 e. The molecule has 0 aliphatic heterocycles. The summed E-state index contributed by atoms with van der Waals surface area (Å²) in [7, 11) is 0. The fourth-order valence-electron chi connectivity index (χ4n) is 14.8. The van der Waals surface area contributed by atoms with E-state index in [1.165, 1.54) is 308 Å². The third-order valence-electron chi connectivity index (χ3n) is 24.7. The molecule has 0 rings (SSSR count). The molecule has 0 fully saturated rings. The minimum atomic E-state index is -0.209. The second-order valence-corrected chi connectivity index (χ2v) is 44.5. The highest BCUT2D eigenvalue weighted by molar-refractivity contribution is 5.85. The molecule has 135 heavy (non-hydrogen) atoms. The zero-order valence-electron chi connectivity index (χ0n) is 96.7. The van der Waals surface area contributed by atoms with E-state index in [9.17, 15) is 38.4 Å². The Kier molecular flexibility index (Phi) is 123. The van der Waals surface area contributed by atoms with E-state index >= 15 is 0 Å². The lowest BCUT2D eigenvalue weighted by Gasteiger charge is -2.26. The van der Waals surface area contributed by atoms with Gasteiger partial charge in [0.1, 0.15) is 46.3 Å². The number of hydrogen-bond donors (Lipinski definition) is 0. The second kappa shape index (κ2) is 113. The first kappa shape index (κ1) is 146. The van der Waals surface area contributed by atoms with Crippen LogP contribution in [0.4, 0.5) is 0 Å². The van der Waals surface area contributed by atoms with Crippen LogP contribution in [0.1, 0.15) is 643 Å². The van der Waals surface area contributed by atoms with Crippen LogP contribution in [-0.4, -0.2) is 46.3 Å². The Morgan fingerprint density at radius 1 is 0.200 bits per heavy atom. The molecule has 798 valence electrons. The summed E-state index contributed by atoms with van der Waals surface area (Å²) in [4.78, 5) is 91.6. The van der Waals surface area contributed by atoms with Gasteiger partial charge < -0.3 is 0 Å². The third kappa shape index (κ3) is 136. The molecule has 0 amide bonds. The van der Waals surface area contributed by atoms with Gasteiger partial charge in [-0.2, -0.15) is 0 Å². The van der Waals surface area contributed by atoms with Crippen LogP contribution in [0.2, 0.25) is 0 Å². The van der Waals surface area contributed by atoms with Crippen molar-refractivity contribution < 1.29 is 38.4 Å². The smallest absolute Gasteiger partial charge is 0.139 e. The molecule has 0 spiro atoms. The summed E-state index contributed by atoms with van der Waals surface area (Å²) in [6.07, 6.45) is 112. The van der Waals surface area contributed by atoms with Crippen LogP contribution in [0.15, 0.2) is 72.9 Å². The molecule has 0 bridgehead atoms. The summed E-state index contributed by atoms with van der Waals surface area (Å²) >= 11 is 0. The predicted octanol–water partition coefficient (Wildman–Crippen LogP) is 42.3. The zero-order valence-corrected chi connectivity index (χ0v) is 96.7. The lowest BCUT2D eigenvalue weighted by Crippen LogP contribution is -2.27. The van der Waals surface area contributed by atoms with Gasteiger partial charge in [0.05, 0.1) is 0 Å². The van der Waals surface area contributed by atoms with E-state index in [-0.39, 0.29) is 51.8 Å². The molecule has 0 unspecified atom stereocenters. The average molecular weight is 1900 g/mol. The van der Waals surface area contributed by atoms with Crippen LogP contribution in [0.25, 0.3) is 0 Å². The Morgan fingerprint density at radius 2 is 0.378 bits per heavy atom. The summed E-state index contributed by atoms with van der Waals surface area (Å²) in [6, 6.07) is 0. The van der Waals surface area contributed by atoms with Crippen LogP contribution >= 0.6 is 0 Å². The van der Waals surface area contributed by atoms with Crippen LogP contribution in [-0.2, 0) is 38.4 Å². The Labute approximate surface area is 847 Å². The third-order valence-corrected chi connectivity index (χ3v) is 24.7. The maximum absolute atomic E-state index is 12.0. The van der Waals surface area contributed by atoms with Gasteiger partial charge in [-0.3, -0.25) is 38.4 Å². The van der Waals surface area contributed by atoms with Gasteiger partial charge in [0.2, 0.25) is 0 Å². The Morgan fingerprint density at radius 3 is 0.600 bits per heavy atom. The molecule has 8 heteroatoms. The van der Waals surface area contributed by atoms with Crippen molar-refractivity contribution in [3.63, 3.8) is 0 Å². The maximum Gasteiger partial charge on any atom is 0.139 e. The van der Waals surface area contributed by atoms with Crippen LogP contribution in [0, 0.1) is 51.8 Å². The van der Waals surface area contributed by atoms with Crippen molar-refractivity contribution >= 4 is 46.3 Å². The lowest BCUT2D eigenvalue weighted by molar-refractivity contribution is -0.129. The standard InChI is InChI=1S/C21H40O.C21H36O.C19H38O.2C15H30O.C14H26O.C11H20O.C11H22O/c2*1-4-5-6-7-8-9-10-11-12-13-14-15-16-17-18-19-21(22)20(2)3;1-4-5-6-7-8-9-10-11-12-13-14-15-16-17-19(20)18(2)3;2*1-4-5-6-7-8-9-10-11-12-13-15(16)14(2)3;1-7-8-9-10-14(5,6)12(15)11-13(2,3)4;1-5-6-7-8-10(12)9-11(2,3)4;1-4-5-6-7-8-9-11(12)10(2)3/h11-12,20H,4-10,13-19H2,1-3H3;8-9,11-12,14-15,20H,4-7,10,13,16-19H2,1-3H3;18H,4-17H2,1-3H3;2*14H,4-13H2,1-3H3;8-9H,7,10-11H2,1-6H3;6-7H,5,8-9H2,1-4H3;10H,4-9H2,1-3H3/b12-11-;9-8-,12-11-,15-14-;;;;9-8-;7-6-;. The van der Waals surface area contributed by atoms with E-state index < -0.39 is 0 Å². The minimum Gasteiger partial charge on any atom is -0.299 e. The fourth-order valence-corrected chi connectivity index (χ4v) is 14.8. The molecular weight excluding hydrogens is 1650 g/mol. The van der Waals surface area contributed by atoms with Crippen molar-refractivity contribution in [2.75, 3.05) is 0 Å². The molecule has 0 aromatic carbocycles. The maximum atomic E-state index is 12.0. The second-order valence-electron chi connectivity index (χ2n) is 44.5. The van der Waals surface area contributed by atoms with Crippen molar-refractivity contribution in [1.29, 1.82) is 0 Å². The van der Waals surface area contributed by atoms with Crippen molar-refractivity contribution in [3.05, 3.63) is 72.9 Å². The first-order valence-corrected chi connectivity index (χ1v) is 58.3. The van der Waals surface area contributed by atoms with Gasteiger partial charge in [0.15, 0.2) is 0 Å². The van der Waals surface area contributed by atoms with E-state index in [0.717, 1.165) is 122 Å². The number of rotatable bonds is 83. The highest BCUT2D eigenvalue weighted by Gasteiger charge is 2.29. The molecule has 0 heterocycles. The Balaban J connectivity index is -0.000000230. The molecule has 8 nitrogen and oxygen atoms in total. The molecule has 0 radical (unpaired) electrons. The van der Waals surface area contributed by atoms with E-state index in [0.29, 0.717) is 65.5 Å². The number of carbonyl (C=O) groups is 8. The summed E-state index contributed by atoms with van der Waals surface area (Å²) < 4.78 is 0. The number of allylic oxidation sites excluding steroid dienone is 12. The predicted molar refractivity (Wildman–Crippen MR) is 605 cm³/mol. The summed E-state index contributed by atoms with van der Waals surface area (Å²) in [5.74, 6) is 4.60. The summed E-state index contributed by atoms with van der Waals surface area (Å²) in [5.41, 5.74) is 0.0267. The zero-order chi connectivity index (χ0) is 104.